The Morgan fingerprint density at radius 3 is 2.78 bits per heavy atom. The fourth-order valence-electron chi connectivity index (χ4n) is 1.91. The summed E-state index contributed by atoms with van der Waals surface area (Å²) in [5.41, 5.74) is 0.994. The molecule has 0 saturated carbocycles. The maximum absolute atomic E-state index is 6.12. The molecule has 4 nitrogen and oxygen atoms in total. The highest BCUT2D eigenvalue weighted by atomic mass is 35.5. The average Bonchev–Trinajstić information content (AvgIpc) is 2.64. The Morgan fingerprint density at radius 1 is 1.44 bits per heavy atom. The summed E-state index contributed by atoms with van der Waals surface area (Å²) in [6.45, 7) is 6.10. The molecule has 0 amide bonds. The van der Waals surface area contributed by atoms with Gasteiger partial charge in [0.2, 0.25) is 0 Å². The molecule has 1 heterocycles. The van der Waals surface area contributed by atoms with Crippen LogP contribution in [0.2, 0.25) is 5.15 Å². The minimum atomic E-state index is 0.429. The summed E-state index contributed by atoms with van der Waals surface area (Å²) >= 11 is 6.12. The summed E-state index contributed by atoms with van der Waals surface area (Å²) in [5, 5.41) is 4.05. The quantitative estimate of drug-likeness (QED) is 0.764. The van der Waals surface area contributed by atoms with Gasteiger partial charge in [-0.3, -0.25) is 0 Å². The van der Waals surface area contributed by atoms with Gasteiger partial charge >= 0.3 is 0 Å². The van der Waals surface area contributed by atoms with Crippen molar-refractivity contribution >= 4 is 11.6 Å². The molecule has 0 aliphatic heterocycles. The van der Waals surface area contributed by atoms with Gasteiger partial charge in [-0.25, -0.2) is 4.98 Å². The summed E-state index contributed by atoms with van der Waals surface area (Å²) in [7, 11) is 4.15. The number of aromatic amines is 1. The molecule has 0 radical (unpaired) electrons. The Labute approximate surface area is 115 Å². The molecule has 1 aromatic rings. The predicted molar refractivity (Wildman–Crippen MR) is 77.1 cm³/mol. The molecule has 0 aliphatic carbocycles. The summed E-state index contributed by atoms with van der Waals surface area (Å²) in [5.74, 6) is 0.999. The second-order valence-corrected chi connectivity index (χ2v) is 5.46. The first-order valence-corrected chi connectivity index (χ1v) is 7.02. The van der Waals surface area contributed by atoms with Gasteiger partial charge in [0.1, 0.15) is 5.82 Å². The van der Waals surface area contributed by atoms with Crippen LogP contribution >= 0.6 is 11.6 Å². The van der Waals surface area contributed by atoms with Gasteiger partial charge in [-0.1, -0.05) is 24.9 Å². The van der Waals surface area contributed by atoms with Crippen molar-refractivity contribution in [3.8, 4) is 0 Å². The van der Waals surface area contributed by atoms with Crippen LogP contribution in [0.4, 0.5) is 0 Å². The molecule has 0 fully saturated rings. The van der Waals surface area contributed by atoms with Crippen molar-refractivity contribution in [3.63, 3.8) is 0 Å². The van der Waals surface area contributed by atoms with Crippen LogP contribution < -0.4 is 5.32 Å². The largest absolute Gasteiger partial charge is 0.344 e. The van der Waals surface area contributed by atoms with E-state index in [0.29, 0.717) is 11.2 Å². The highest BCUT2D eigenvalue weighted by Crippen LogP contribution is 2.14. The minimum Gasteiger partial charge on any atom is -0.344 e. The van der Waals surface area contributed by atoms with Gasteiger partial charge in [-0.15, -0.1) is 0 Å². The zero-order valence-corrected chi connectivity index (χ0v) is 12.6. The lowest BCUT2D eigenvalue weighted by Crippen LogP contribution is -2.35. The zero-order valence-electron chi connectivity index (χ0n) is 11.9. The van der Waals surface area contributed by atoms with Gasteiger partial charge < -0.3 is 15.2 Å². The first kappa shape index (κ1) is 15.5. The topological polar surface area (TPSA) is 44.0 Å². The van der Waals surface area contributed by atoms with Gasteiger partial charge in [0.05, 0.1) is 5.69 Å². The standard InChI is InChI=1S/C13H25ClN4/c1-5-6-7-12-16-11(13(14)17-12)8-15-10(2)9-18(3)4/h10,15H,5-9H2,1-4H3,(H,16,17). The second-order valence-electron chi connectivity index (χ2n) is 5.10. The van der Waals surface area contributed by atoms with Crippen LogP contribution in [0.1, 0.15) is 38.2 Å². The molecule has 0 spiro atoms. The van der Waals surface area contributed by atoms with Crippen LogP contribution in [-0.4, -0.2) is 41.5 Å². The number of H-pyrrole nitrogens is 1. The Kier molecular flexibility index (Phi) is 6.68. The highest BCUT2D eigenvalue weighted by molar-refractivity contribution is 6.30. The lowest BCUT2D eigenvalue weighted by molar-refractivity contribution is 0.348. The molecule has 18 heavy (non-hydrogen) atoms. The number of imidazole rings is 1. The monoisotopic (exact) mass is 272 g/mol. The van der Waals surface area contributed by atoms with E-state index in [0.717, 1.165) is 37.4 Å². The maximum Gasteiger partial charge on any atom is 0.151 e. The van der Waals surface area contributed by atoms with Crippen LogP contribution in [0.15, 0.2) is 0 Å². The molecule has 2 N–H and O–H groups in total. The molecule has 0 saturated heterocycles. The molecule has 1 atom stereocenters. The zero-order chi connectivity index (χ0) is 13.5. The number of unbranched alkanes of at least 4 members (excludes halogenated alkanes) is 1. The third kappa shape index (κ3) is 5.38. The molecule has 0 aromatic carbocycles. The number of aromatic nitrogens is 2. The summed E-state index contributed by atoms with van der Waals surface area (Å²) in [6.07, 6.45) is 3.29. The van der Waals surface area contributed by atoms with E-state index in [1.807, 2.05) is 0 Å². The SMILES string of the molecule is CCCCc1nc(Cl)c(CNC(C)CN(C)C)[nH]1. The first-order valence-electron chi connectivity index (χ1n) is 6.64. The van der Waals surface area contributed by atoms with E-state index in [1.54, 1.807) is 0 Å². The van der Waals surface area contributed by atoms with Crippen LogP contribution in [0, 0.1) is 0 Å². The third-order valence-electron chi connectivity index (χ3n) is 2.81. The molecule has 104 valence electrons. The minimum absolute atomic E-state index is 0.429. The summed E-state index contributed by atoms with van der Waals surface area (Å²) < 4.78 is 0. The number of likely N-dealkylation sites (N-methyl/N-ethyl adjacent to an activating group) is 1. The molecular weight excluding hydrogens is 248 g/mol. The fraction of sp³-hybridized carbons (Fsp3) is 0.769. The number of nitrogens with one attached hydrogen (secondary N) is 2. The van der Waals surface area contributed by atoms with Gasteiger partial charge in [0.15, 0.2) is 5.15 Å². The number of hydrogen-bond acceptors (Lipinski definition) is 3. The molecule has 5 heteroatoms. The van der Waals surface area contributed by atoms with Gasteiger partial charge in [-0.2, -0.15) is 0 Å². The molecule has 0 aliphatic rings. The lowest BCUT2D eigenvalue weighted by Gasteiger charge is -2.17. The number of hydrogen-bond donors (Lipinski definition) is 2. The lowest BCUT2D eigenvalue weighted by atomic mass is 10.2. The molecule has 1 unspecified atom stereocenters. The van der Waals surface area contributed by atoms with Crippen molar-refractivity contribution in [2.24, 2.45) is 0 Å². The first-order chi connectivity index (χ1) is 8.52. The number of rotatable bonds is 8. The molecular formula is C13H25ClN4. The third-order valence-corrected chi connectivity index (χ3v) is 3.12. The molecule has 1 rings (SSSR count). The summed E-state index contributed by atoms with van der Waals surface area (Å²) in [4.78, 5) is 9.82. The van der Waals surface area contributed by atoms with E-state index in [2.05, 4.69) is 48.1 Å². The average molecular weight is 273 g/mol. The Morgan fingerprint density at radius 2 is 2.17 bits per heavy atom. The second kappa shape index (κ2) is 7.77. The van der Waals surface area contributed by atoms with Crippen molar-refractivity contribution < 1.29 is 0 Å². The van der Waals surface area contributed by atoms with E-state index in [-0.39, 0.29) is 0 Å². The van der Waals surface area contributed by atoms with E-state index in [1.165, 1.54) is 6.42 Å². The molecule has 1 aromatic heterocycles. The number of aryl methyl sites for hydroxylation is 1. The van der Waals surface area contributed by atoms with Gasteiger partial charge in [0.25, 0.3) is 0 Å². The smallest absolute Gasteiger partial charge is 0.151 e. The fourth-order valence-corrected chi connectivity index (χ4v) is 2.12. The Bertz CT molecular complexity index is 349. The van der Waals surface area contributed by atoms with E-state index >= 15 is 0 Å². The highest BCUT2D eigenvalue weighted by Gasteiger charge is 2.09. The Hall–Kier alpha value is -0.580. The van der Waals surface area contributed by atoms with Crippen molar-refractivity contribution in [1.29, 1.82) is 0 Å². The van der Waals surface area contributed by atoms with Crippen molar-refractivity contribution in [3.05, 3.63) is 16.7 Å². The van der Waals surface area contributed by atoms with Crippen molar-refractivity contribution in [1.82, 2.24) is 20.2 Å². The van der Waals surface area contributed by atoms with Crippen molar-refractivity contribution in [2.75, 3.05) is 20.6 Å². The van der Waals surface area contributed by atoms with E-state index in [9.17, 15) is 0 Å². The van der Waals surface area contributed by atoms with E-state index in [4.69, 9.17) is 11.6 Å². The van der Waals surface area contributed by atoms with Crippen LogP contribution in [-0.2, 0) is 13.0 Å². The van der Waals surface area contributed by atoms with Crippen LogP contribution in [0.5, 0.6) is 0 Å². The van der Waals surface area contributed by atoms with Crippen LogP contribution in [0.3, 0.4) is 0 Å². The maximum atomic E-state index is 6.12. The number of nitrogens with zero attached hydrogens (tertiary/aromatic N) is 2. The van der Waals surface area contributed by atoms with Gasteiger partial charge in [0, 0.05) is 25.6 Å². The Balaban J connectivity index is 2.44. The van der Waals surface area contributed by atoms with E-state index < -0.39 is 0 Å². The van der Waals surface area contributed by atoms with Crippen LogP contribution in [0.25, 0.3) is 0 Å². The number of halogens is 1. The predicted octanol–water partition coefficient (Wildman–Crippen LogP) is 2.45. The van der Waals surface area contributed by atoms with Gasteiger partial charge in [-0.05, 0) is 27.4 Å². The van der Waals surface area contributed by atoms with Crippen molar-refractivity contribution in [2.45, 2.75) is 45.7 Å². The normalized spacial score (nSPS) is 13.2. The summed E-state index contributed by atoms with van der Waals surface area (Å²) in [6, 6.07) is 0.429. The molecule has 0 bridgehead atoms.